The van der Waals surface area contributed by atoms with E-state index in [2.05, 4.69) is 0 Å². The molecule has 1 aromatic rings. The van der Waals surface area contributed by atoms with Crippen LogP contribution in [-0.4, -0.2) is 25.4 Å². The molecule has 3 nitrogen and oxygen atoms in total. The molecule has 0 aliphatic carbocycles. The fraction of sp³-hybridized carbons (Fsp3) is 0.500. The summed E-state index contributed by atoms with van der Waals surface area (Å²) in [6.45, 7) is 2.76. The van der Waals surface area contributed by atoms with Crippen molar-refractivity contribution in [3.63, 3.8) is 0 Å². The van der Waals surface area contributed by atoms with Gasteiger partial charge in [0.05, 0.1) is 13.7 Å². The number of methoxy groups -OCH3 is 1. The van der Waals surface area contributed by atoms with Gasteiger partial charge in [0.1, 0.15) is 0 Å². The van der Waals surface area contributed by atoms with Gasteiger partial charge in [-0.2, -0.15) is 0 Å². The van der Waals surface area contributed by atoms with E-state index in [0.717, 1.165) is 29.9 Å². The minimum Gasteiger partial charge on any atom is -0.493 e. The molecule has 1 rings (SSSR count). The molecule has 1 aromatic carbocycles. The Labute approximate surface area is 90.6 Å². The summed E-state index contributed by atoms with van der Waals surface area (Å²) in [6.07, 6.45) is 1.55. The Morgan fingerprint density at radius 2 is 2.13 bits per heavy atom. The van der Waals surface area contributed by atoms with Crippen LogP contribution in [0.3, 0.4) is 0 Å². The monoisotopic (exact) mass is 210 g/mol. The van der Waals surface area contributed by atoms with Crippen molar-refractivity contribution in [2.24, 2.45) is 0 Å². The lowest BCUT2D eigenvalue weighted by molar-refractivity contribution is 0.284. The second-order valence-electron chi connectivity index (χ2n) is 3.21. The van der Waals surface area contributed by atoms with Gasteiger partial charge >= 0.3 is 0 Å². The molecule has 0 heterocycles. The highest BCUT2D eigenvalue weighted by atomic mass is 16.5. The van der Waals surface area contributed by atoms with Crippen LogP contribution in [0.2, 0.25) is 0 Å². The summed E-state index contributed by atoms with van der Waals surface area (Å²) in [5.41, 5.74) is 1.09. The SMILES string of the molecule is CCOc1c(CCCO)cccc1OC. The molecule has 0 unspecified atom stereocenters. The van der Waals surface area contributed by atoms with E-state index in [9.17, 15) is 0 Å². The molecule has 3 heteroatoms. The molecule has 0 aliphatic heterocycles. The van der Waals surface area contributed by atoms with Crippen LogP contribution in [0.4, 0.5) is 0 Å². The van der Waals surface area contributed by atoms with Gasteiger partial charge in [0.15, 0.2) is 11.5 Å². The zero-order chi connectivity index (χ0) is 11.1. The molecule has 0 saturated carbocycles. The van der Waals surface area contributed by atoms with E-state index >= 15 is 0 Å². The first-order valence-electron chi connectivity index (χ1n) is 5.23. The van der Waals surface area contributed by atoms with Gasteiger partial charge in [0.25, 0.3) is 0 Å². The largest absolute Gasteiger partial charge is 0.493 e. The Kier molecular flexibility index (Phi) is 4.98. The van der Waals surface area contributed by atoms with Crippen molar-refractivity contribution in [3.8, 4) is 11.5 Å². The number of aliphatic hydroxyl groups is 1. The van der Waals surface area contributed by atoms with Crippen LogP contribution in [0.25, 0.3) is 0 Å². The molecule has 0 aromatic heterocycles. The van der Waals surface area contributed by atoms with Crippen molar-refractivity contribution < 1.29 is 14.6 Å². The standard InChI is InChI=1S/C12H18O3/c1-3-15-12-10(7-5-9-13)6-4-8-11(12)14-2/h4,6,8,13H,3,5,7,9H2,1-2H3. The predicted molar refractivity (Wildman–Crippen MR) is 59.6 cm³/mol. The third-order valence-corrected chi connectivity index (χ3v) is 2.17. The van der Waals surface area contributed by atoms with Crippen LogP contribution in [0.1, 0.15) is 18.9 Å². The first-order chi connectivity index (χ1) is 7.33. The number of hydrogen-bond donors (Lipinski definition) is 1. The van der Waals surface area contributed by atoms with Gasteiger partial charge in [-0.05, 0) is 31.4 Å². The van der Waals surface area contributed by atoms with Gasteiger partial charge in [-0.15, -0.1) is 0 Å². The summed E-state index contributed by atoms with van der Waals surface area (Å²) >= 11 is 0. The lowest BCUT2D eigenvalue weighted by atomic mass is 10.1. The molecule has 0 bridgehead atoms. The number of aryl methyl sites for hydroxylation is 1. The van der Waals surface area contributed by atoms with Gasteiger partial charge in [0, 0.05) is 6.61 Å². The van der Waals surface area contributed by atoms with Crippen molar-refractivity contribution in [3.05, 3.63) is 23.8 Å². The molecule has 0 amide bonds. The highest BCUT2D eigenvalue weighted by Crippen LogP contribution is 2.31. The number of aliphatic hydroxyl groups excluding tert-OH is 1. The fourth-order valence-corrected chi connectivity index (χ4v) is 1.50. The average Bonchev–Trinajstić information content (AvgIpc) is 2.28. The number of para-hydroxylation sites is 1. The molecular weight excluding hydrogens is 192 g/mol. The number of ether oxygens (including phenoxy) is 2. The fourth-order valence-electron chi connectivity index (χ4n) is 1.50. The van der Waals surface area contributed by atoms with Gasteiger partial charge in [-0.25, -0.2) is 0 Å². The van der Waals surface area contributed by atoms with E-state index in [1.165, 1.54) is 0 Å². The normalized spacial score (nSPS) is 10.1. The first kappa shape index (κ1) is 11.9. The second kappa shape index (κ2) is 6.30. The third-order valence-electron chi connectivity index (χ3n) is 2.17. The molecule has 0 fully saturated rings. The zero-order valence-corrected chi connectivity index (χ0v) is 9.32. The van der Waals surface area contributed by atoms with Crippen molar-refractivity contribution in [1.82, 2.24) is 0 Å². The number of benzene rings is 1. The summed E-state index contributed by atoms with van der Waals surface area (Å²) in [7, 11) is 1.63. The van der Waals surface area contributed by atoms with Crippen molar-refractivity contribution >= 4 is 0 Å². The Hall–Kier alpha value is -1.22. The first-order valence-corrected chi connectivity index (χ1v) is 5.23. The van der Waals surface area contributed by atoms with Gasteiger partial charge < -0.3 is 14.6 Å². The van der Waals surface area contributed by atoms with Gasteiger partial charge in [-0.3, -0.25) is 0 Å². The third kappa shape index (κ3) is 3.13. The summed E-state index contributed by atoms with van der Waals surface area (Å²) in [6, 6.07) is 5.82. The van der Waals surface area contributed by atoms with Crippen LogP contribution in [0.15, 0.2) is 18.2 Å². The molecule has 15 heavy (non-hydrogen) atoms. The van der Waals surface area contributed by atoms with E-state index in [1.54, 1.807) is 7.11 Å². The molecule has 0 spiro atoms. The smallest absolute Gasteiger partial charge is 0.164 e. The van der Waals surface area contributed by atoms with Crippen molar-refractivity contribution in [1.29, 1.82) is 0 Å². The van der Waals surface area contributed by atoms with E-state index in [1.807, 2.05) is 25.1 Å². The van der Waals surface area contributed by atoms with Crippen LogP contribution >= 0.6 is 0 Å². The quantitative estimate of drug-likeness (QED) is 0.780. The number of rotatable bonds is 6. The highest BCUT2D eigenvalue weighted by Gasteiger charge is 2.09. The second-order valence-corrected chi connectivity index (χ2v) is 3.21. The highest BCUT2D eigenvalue weighted by molar-refractivity contribution is 5.46. The Balaban J connectivity index is 2.90. The summed E-state index contributed by atoms with van der Waals surface area (Å²) in [4.78, 5) is 0. The van der Waals surface area contributed by atoms with Crippen molar-refractivity contribution in [2.45, 2.75) is 19.8 Å². The molecule has 1 N–H and O–H groups in total. The Morgan fingerprint density at radius 1 is 1.33 bits per heavy atom. The summed E-state index contributed by atoms with van der Waals surface area (Å²) < 4.78 is 10.8. The van der Waals surface area contributed by atoms with Crippen molar-refractivity contribution in [2.75, 3.05) is 20.3 Å². The zero-order valence-electron chi connectivity index (χ0n) is 9.32. The lowest BCUT2D eigenvalue weighted by Gasteiger charge is -2.13. The molecular formula is C12H18O3. The van der Waals surface area contributed by atoms with Crippen LogP contribution in [0, 0.1) is 0 Å². The molecule has 0 atom stereocenters. The van der Waals surface area contributed by atoms with Gasteiger partial charge in [0.2, 0.25) is 0 Å². The molecule has 0 radical (unpaired) electrons. The maximum atomic E-state index is 8.80. The van der Waals surface area contributed by atoms with E-state index in [0.29, 0.717) is 6.61 Å². The Bertz CT molecular complexity index is 297. The minimum absolute atomic E-state index is 0.197. The van der Waals surface area contributed by atoms with E-state index in [4.69, 9.17) is 14.6 Å². The minimum atomic E-state index is 0.197. The number of hydrogen-bond acceptors (Lipinski definition) is 3. The van der Waals surface area contributed by atoms with Gasteiger partial charge in [-0.1, -0.05) is 12.1 Å². The predicted octanol–water partition coefficient (Wildman–Crippen LogP) is 2.02. The maximum absolute atomic E-state index is 8.80. The topological polar surface area (TPSA) is 38.7 Å². The lowest BCUT2D eigenvalue weighted by Crippen LogP contribution is -2.00. The molecule has 0 saturated heterocycles. The van der Waals surface area contributed by atoms with Crippen LogP contribution < -0.4 is 9.47 Å². The van der Waals surface area contributed by atoms with E-state index in [-0.39, 0.29) is 6.61 Å². The molecule has 84 valence electrons. The van der Waals surface area contributed by atoms with Crippen LogP contribution in [0.5, 0.6) is 11.5 Å². The Morgan fingerprint density at radius 3 is 2.73 bits per heavy atom. The van der Waals surface area contributed by atoms with E-state index < -0.39 is 0 Å². The average molecular weight is 210 g/mol. The summed E-state index contributed by atoms with van der Waals surface area (Å²) in [5.74, 6) is 1.56. The van der Waals surface area contributed by atoms with Crippen LogP contribution in [-0.2, 0) is 6.42 Å². The maximum Gasteiger partial charge on any atom is 0.164 e. The summed E-state index contributed by atoms with van der Waals surface area (Å²) in [5, 5.41) is 8.80. The molecule has 0 aliphatic rings.